The van der Waals surface area contributed by atoms with E-state index in [1.54, 1.807) is 0 Å². The highest BCUT2D eigenvalue weighted by Crippen LogP contribution is 2.09. The highest BCUT2D eigenvalue weighted by atomic mass is 16.4. The number of primary amides is 1. The molecule has 0 aliphatic carbocycles. The van der Waals surface area contributed by atoms with Gasteiger partial charge in [-0.2, -0.15) is 0 Å². The lowest BCUT2D eigenvalue weighted by molar-refractivity contribution is -0.133. The Bertz CT molecular complexity index is 174. The summed E-state index contributed by atoms with van der Waals surface area (Å²) in [5.74, 6) is -1.76. The summed E-state index contributed by atoms with van der Waals surface area (Å²) in [6.45, 7) is 0.629. The van der Waals surface area contributed by atoms with E-state index < -0.39 is 36.7 Å². The Morgan fingerprint density at radius 3 is 2.08 bits per heavy atom. The first kappa shape index (κ1) is 12.3. The second-order valence-electron chi connectivity index (χ2n) is 2.92. The third-order valence-electron chi connectivity index (χ3n) is 1.89. The van der Waals surface area contributed by atoms with Gasteiger partial charge in [0, 0.05) is 0 Å². The summed E-state index contributed by atoms with van der Waals surface area (Å²) in [6, 6.07) is 0. The molecule has 0 heterocycles. The van der Waals surface area contributed by atoms with Crippen LogP contribution in [0.2, 0.25) is 0 Å². The van der Waals surface area contributed by atoms with Crippen molar-refractivity contribution in [3.8, 4) is 0 Å². The lowest BCUT2D eigenvalue weighted by Crippen LogP contribution is -2.46. The van der Waals surface area contributed by atoms with Crippen LogP contribution in [-0.4, -0.2) is 51.3 Å². The summed E-state index contributed by atoms with van der Waals surface area (Å²) < 4.78 is 0. The number of aliphatic hydroxyl groups is 4. The normalized spacial score (nSPS) is 20.4. The standard InChI is InChI=1S/C7H15NO5/c1-3(7(8)13)5(11)6(12)4(10)2-9/h3-6,9-12H,2H2,1H3,(H2,8,13)/t3-,4-,5-,6-/m1/s1. The number of hydrogen-bond acceptors (Lipinski definition) is 5. The maximum atomic E-state index is 10.6. The number of aliphatic hydroxyl groups excluding tert-OH is 4. The molecule has 0 rings (SSSR count). The largest absolute Gasteiger partial charge is 0.394 e. The predicted octanol–water partition coefficient (Wildman–Crippen LogP) is -2.82. The smallest absolute Gasteiger partial charge is 0.222 e. The third kappa shape index (κ3) is 3.27. The van der Waals surface area contributed by atoms with E-state index in [2.05, 4.69) is 0 Å². The fourth-order valence-corrected chi connectivity index (χ4v) is 0.800. The molecule has 13 heavy (non-hydrogen) atoms. The van der Waals surface area contributed by atoms with E-state index in [0.29, 0.717) is 0 Å². The highest BCUT2D eigenvalue weighted by Gasteiger charge is 2.31. The van der Waals surface area contributed by atoms with E-state index in [1.165, 1.54) is 6.92 Å². The molecule has 0 bridgehead atoms. The number of hydrogen-bond donors (Lipinski definition) is 5. The van der Waals surface area contributed by atoms with Crippen LogP contribution in [0.3, 0.4) is 0 Å². The van der Waals surface area contributed by atoms with E-state index in [9.17, 15) is 9.90 Å². The van der Waals surface area contributed by atoms with Crippen molar-refractivity contribution >= 4 is 5.91 Å². The van der Waals surface area contributed by atoms with Gasteiger partial charge in [-0.1, -0.05) is 6.92 Å². The first-order chi connectivity index (χ1) is 5.91. The lowest BCUT2D eigenvalue weighted by atomic mass is 9.96. The van der Waals surface area contributed by atoms with E-state index in [-0.39, 0.29) is 0 Å². The molecular weight excluding hydrogens is 178 g/mol. The average molecular weight is 193 g/mol. The Morgan fingerprint density at radius 2 is 1.77 bits per heavy atom. The Kier molecular flexibility index (Phi) is 4.86. The van der Waals surface area contributed by atoms with Crippen LogP contribution in [0.1, 0.15) is 6.92 Å². The van der Waals surface area contributed by atoms with E-state index in [1.807, 2.05) is 0 Å². The van der Waals surface area contributed by atoms with Gasteiger partial charge in [-0.25, -0.2) is 0 Å². The van der Waals surface area contributed by atoms with Crippen molar-refractivity contribution in [2.45, 2.75) is 25.2 Å². The van der Waals surface area contributed by atoms with Crippen molar-refractivity contribution in [1.29, 1.82) is 0 Å². The van der Waals surface area contributed by atoms with Crippen LogP contribution in [0.25, 0.3) is 0 Å². The van der Waals surface area contributed by atoms with Gasteiger partial charge in [-0.3, -0.25) is 4.79 Å². The fraction of sp³-hybridized carbons (Fsp3) is 0.857. The van der Waals surface area contributed by atoms with Gasteiger partial charge in [-0.05, 0) is 0 Å². The number of nitrogens with two attached hydrogens (primary N) is 1. The zero-order valence-electron chi connectivity index (χ0n) is 7.29. The van der Waals surface area contributed by atoms with Gasteiger partial charge < -0.3 is 26.2 Å². The molecule has 0 aromatic heterocycles. The molecule has 0 aromatic rings. The quantitative estimate of drug-likeness (QED) is 0.322. The minimum Gasteiger partial charge on any atom is -0.394 e. The Balaban J connectivity index is 4.24. The van der Waals surface area contributed by atoms with Gasteiger partial charge in [-0.15, -0.1) is 0 Å². The van der Waals surface area contributed by atoms with Crippen molar-refractivity contribution in [1.82, 2.24) is 0 Å². The number of carbonyl (C=O) groups is 1. The Labute approximate surface area is 75.6 Å². The summed E-state index contributed by atoms with van der Waals surface area (Å²) in [5, 5.41) is 35.7. The van der Waals surface area contributed by atoms with E-state index in [4.69, 9.17) is 21.1 Å². The van der Waals surface area contributed by atoms with Crippen LogP contribution in [0.15, 0.2) is 0 Å². The maximum absolute atomic E-state index is 10.6. The minimum atomic E-state index is -1.58. The summed E-state index contributed by atoms with van der Waals surface area (Å²) in [7, 11) is 0. The molecule has 0 spiro atoms. The van der Waals surface area contributed by atoms with Crippen LogP contribution >= 0.6 is 0 Å². The predicted molar refractivity (Wildman–Crippen MR) is 43.5 cm³/mol. The van der Waals surface area contributed by atoms with Crippen molar-refractivity contribution in [3.63, 3.8) is 0 Å². The van der Waals surface area contributed by atoms with Crippen LogP contribution in [0.4, 0.5) is 0 Å². The Hall–Kier alpha value is -0.690. The molecule has 0 unspecified atom stereocenters. The second-order valence-corrected chi connectivity index (χ2v) is 2.92. The topological polar surface area (TPSA) is 124 Å². The van der Waals surface area contributed by atoms with E-state index >= 15 is 0 Å². The monoisotopic (exact) mass is 193 g/mol. The molecule has 0 aliphatic rings. The maximum Gasteiger partial charge on any atom is 0.222 e. The van der Waals surface area contributed by atoms with Crippen molar-refractivity contribution in [2.24, 2.45) is 11.7 Å². The molecule has 6 heteroatoms. The SMILES string of the molecule is C[C@@H](C(N)=O)[C@@H](O)[C@H](O)[C@H](O)CO. The number of amides is 1. The molecule has 0 fully saturated rings. The molecule has 78 valence electrons. The Morgan fingerprint density at radius 1 is 1.31 bits per heavy atom. The number of rotatable bonds is 5. The second kappa shape index (κ2) is 5.13. The van der Waals surface area contributed by atoms with Crippen LogP contribution in [0.5, 0.6) is 0 Å². The number of carbonyl (C=O) groups excluding carboxylic acids is 1. The molecule has 0 aromatic carbocycles. The van der Waals surface area contributed by atoms with Crippen LogP contribution in [-0.2, 0) is 4.79 Å². The molecule has 6 nitrogen and oxygen atoms in total. The van der Waals surface area contributed by atoms with E-state index in [0.717, 1.165) is 0 Å². The van der Waals surface area contributed by atoms with Crippen LogP contribution in [0, 0.1) is 5.92 Å². The summed E-state index contributed by atoms with van der Waals surface area (Å²) >= 11 is 0. The highest BCUT2D eigenvalue weighted by molar-refractivity contribution is 5.76. The van der Waals surface area contributed by atoms with Gasteiger partial charge in [0.25, 0.3) is 0 Å². The van der Waals surface area contributed by atoms with Gasteiger partial charge in [0.1, 0.15) is 12.2 Å². The minimum absolute atomic E-state index is 0.691. The molecule has 4 atom stereocenters. The van der Waals surface area contributed by atoms with Gasteiger partial charge in [0.15, 0.2) is 0 Å². The van der Waals surface area contributed by atoms with Crippen molar-refractivity contribution < 1.29 is 25.2 Å². The fourth-order valence-electron chi connectivity index (χ4n) is 0.800. The molecule has 0 aliphatic heterocycles. The average Bonchev–Trinajstić information content (AvgIpc) is 2.12. The molecule has 1 amide bonds. The summed E-state index contributed by atoms with van der Waals surface area (Å²) in [4.78, 5) is 10.6. The molecule has 0 radical (unpaired) electrons. The molecular formula is C7H15NO5. The molecule has 0 saturated carbocycles. The van der Waals surface area contributed by atoms with Crippen molar-refractivity contribution in [3.05, 3.63) is 0 Å². The first-order valence-electron chi connectivity index (χ1n) is 3.86. The zero-order chi connectivity index (χ0) is 10.6. The first-order valence-corrected chi connectivity index (χ1v) is 3.86. The third-order valence-corrected chi connectivity index (χ3v) is 1.89. The van der Waals surface area contributed by atoms with Crippen molar-refractivity contribution in [2.75, 3.05) is 6.61 Å². The zero-order valence-corrected chi connectivity index (χ0v) is 7.29. The summed E-state index contributed by atoms with van der Waals surface area (Å²) in [6.07, 6.45) is -4.52. The van der Waals surface area contributed by atoms with Crippen LogP contribution < -0.4 is 5.73 Å². The lowest BCUT2D eigenvalue weighted by Gasteiger charge is -2.24. The molecule has 6 N–H and O–H groups in total. The van der Waals surface area contributed by atoms with Gasteiger partial charge in [0.2, 0.25) is 5.91 Å². The van der Waals surface area contributed by atoms with Gasteiger partial charge >= 0.3 is 0 Å². The molecule has 0 saturated heterocycles. The van der Waals surface area contributed by atoms with Gasteiger partial charge in [0.05, 0.1) is 18.6 Å². The summed E-state index contributed by atoms with van der Waals surface area (Å²) in [5.41, 5.74) is 4.86.